The minimum Gasteiger partial charge on any atom is -0.465 e. The van der Waals surface area contributed by atoms with Gasteiger partial charge in [0.2, 0.25) is 0 Å². The highest BCUT2D eigenvalue weighted by Crippen LogP contribution is 2.35. The Balaban J connectivity index is 5.36. The van der Waals surface area contributed by atoms with Crippen LogP contribution in [0.5, 0.6) is 0 Å². The normalized spacial score (nSPS) is 14.9. The van der Waals surface area contributed by atoms with Gasteiger partial charge in [0.1, 0.15) is 0 Å². The van der Waals surface area contributed by atoms with Crippen LogP contribution in [0.25, 0.3) is 0 Å². The summed E-state index contributed by atoms with van der Waals surface area (Å²) in [6.45, 7) is 8.00. The van der Waals surface area contributed by atoms with E-state index in [1.165, 1.54) is 0 Å². The molecule has 0 amide bonds. The third-order valence-corrected chi connectivity index (χ3v) is 2.86. The van der Waals surface area contributed by atoms with E-state index in [1.807, 2.05) is 26.8 Å². The van der Waals surface area contributed by atoms with Crippen LogP contribution < -0.4 is 0 Å². The van der Waals surface area contributed by atoms with E-state index in [0.717, 1.165) is 24.8 Å². The molecule has 3 heteroatoms. The van der Waals surface area contributed by atoms with Gasteiger partial charge in [-0.1, -0.05) is 33.3 Å². The molecule has 0 aliphatic rings. The first-order chi connectivity index (χ1) is 8.12. The molecular formula is C14H23NO2. The molecule has 0 bridgehead atoms. The van der Waals surface area contributed by atoms with Gasteiger partial charge in [-0.3, -0.25) is 0 Å². The number of hydrogen-bond acceptors (Lipinski definition) is 3. The summed E-state index contributed by atoms with van der Waals surface area (Å²) in [7, 11) is 0. The van der Waals surface area contributed by atoms with Crippen LogP contribution in [-0.4, -0.2) is 12.6 Å². The van der Waals surface area contributed by atoms with Crippen molar-refractivity contribution in [2.45, 2.75) is 53.4 Å². The van der Waals surface area contributed by atoms with Crippen molar-refractivity contribution in [3.05, 3.63) is 11.6 Å². The minimum absolute atomic E-state index is 0.313. The molecule has 17 heavy (non-hydrogen) atoms. The van der Waals surface area contributed by atoms with Gasteiger partial charge in [-0.05, 0) is 31.8 Å². The molecule has 0 unspecified atom stereocenters. The van der Waals surface area contributed by atoms with E-state index in [1.54, 1.807) is 6.92 Å². The van der Waals surface area contributed by atoms with Gasteiger partial charge in [-0.25, -0.2) is 4.79 Å². The summed E-state index contributed by atoms with van der Waals surface area (Å²) >= 11 is 0. The minimum atomic E-state index is -1.08. The largest absolute Gasteiger partial charge is 0.465 e. The monoisotopic (exact) mass is 237 g/mol. The van der Waals surface area contributed by atoms with Crippen LogP contribution in [0.3, 0.4) is 0 Å². The maximum atomic E-state index is 12.0. The summed E-state index contributed by atoms with van der Waals surface area (Å²) in [5.41, 5.74) is -0.173. The van der Waals surface area contributed by atoms with Crippen LogP contribution in [0.15, 0.2) is 11.6 Å². The van der Waals surface area contributed by atoms with Gasteiger partial charge in [-0.15, -0.1) is 0 Å². The number of esters is 1. The fraction of sp³-hybridized carbons (Fsp3) is 0.714. The van der Waals surface area contributed by atoms with Gasteiger partial charge in [0.15, 0.2) is 5.41 Å². The van der Waals surface area contributed by atoms with Gasteiger partial charge >= 0.3 is 5.97 Å². The number of ether oxygens (including phenoxy) is 1. The molecule has 0 aromatic heterocycles. The van der Waals surface area contributed by atoms with Crippen LogP contribution in [0.4, 0.5) is 0 Å². The second-order valence-electron chi connectivity index (χ2n) is 3.98. The molecule has 0 spiro atoms. The molecule has 1 atom stereocenters. The summed E-state index contributed by atoms with van der Waals surface area (Å²) < 4.78 is 5.06. The zero-order valence-corrected chi connectivity index (χ0v) is 11.4. The highest BCUT2D eigenvalue weighted by molar-refractivity contribution is 5.84. The molecule has 0 aliphatic carbocycles. The van der Waals surface area contributed by atoms with Crippen molar-refractivity contribution < 1.29 is 9.53 Å². The highest BCUT2D eigenvalue weighted by atomic mass is 16.5. The number of nitriles is 1. The molecule has 0 N–H and O–H groups in total. The number of hydrogen-bond donors (Lipinski definition) is 0. The van der Waals surface area contributed by atoms with Crippen molar-refractivity contribution in [1.29, 1.82) is 5.26 Å². The Morgan fingerprint density at radius 3 is 2.35 bits per heavy atom. The molecular weight excluding hydrogens is 214 g/mol. The van der Waals surface area contributed by atoms with Gasteiger partial charge in [0, 0.05) is 0 Å². The first-order valence-electron chi connectivity index (χ1n) is 6.40. The first kappa shape index (κ1) is 15.7. The summed E-state index contributed by atoms with van der Waals surface area (Å²) in [5.74, 6) is -0.404. The Morgan fingerprint density at radius 1 is 1.35 bits per heavy atom. The maximum Gasteiger partial charge on any atom is 0.330 e. The van der Waals surface area contributed by atoms with E-state index in [-0.39, 0.29) is 0 Å². The zero-order chi connectivity index (χ0) is 13.3. The number of carbonyl (C=O) groups excluding carboxylic acids is 1. The molecule has 0 rings (SSSR count). The maximum absolute atomic E-state index is 12.0. The first-order valence-corrected chi connectivity index (χ1v) is 6.40. The molecule has 96 valence electrons. The Kier molecular flexibility index (Phi) is 7.29. The van der Waals surface area contributed by atoms with E-state index in [2.05, 4.69) is 6.07 Å². The Morgan fingerprint density at radius 2 is 2.00 bits per heavy atom. The lowest BCUT2D eigenvalue weighted by atomic mass is 9.76. The fourth-order valence-corrected chi connectivity index (χ4v) is 1.96. The molecule has 0 radical (unpaired) electrons. The molecule has 0 aromatic rings. The van der Waals surface area contributed by atoms with Crippen molar-refractivity contribution in [2.24, 2.45) is 5.41 Å². The second-order valence-corrected chi connectivity index (χ2v) is 3.98. The van der Waals surface area contributed by atoms with Crippen LogP contribution >= 0.6 is 0 Å². The predicted octanol–water partition coefficient (Wildman–Crippen LogP) is 3.61. The van der Waals surface area contributed by atoms with E-state index < -0.39 is 11.4 Å². The van der Waals surface area contributed by atoms with E-state index >= 15 is 0 Å². The lowest BCUT2D eigenvalue weighted by molar-refractivity contribution is -0.150. The lowest BCUT2D eigenvalue weighted by Gasteiger charge is -2.26. The van der Waals surface area contributed by atoms with E-state index in [9.17, 15) is 10.1 Å². The van der Waals surface area contributed by atoms with Crippen LogP contribution in [0, 0.1) is 16.7 Å². The average molecular weight is 237 g/mol. The molecule has 3 nitrogen and oxygen atoms in total. The summed E-state index contributed by atoms with van der Waals surface area (Å²) in [6.07, 6.45) is 4.99. The average Bonchev–Trinajstić information content (AvgIpc) is 2.32. The standard InChI is InChI=1S/C14H23NO2/c1-5-9-12(10-6-2)14(7-3,11-15)13(16)17-8-4/h9H,5-8,10H2,1-4H3/b12-9-/t14-/m1/s1. The van der Waals surface area contributed by atoms with Crippen molar-refractivity contribution in [1.82, 2.24) is 0 Å². The number of nitrogens with zero attached hydrogens (tertiary/aromatic N) is 1. The Labute approximate surface area is 104 Å². The van der Waals surface area contributed by atoms with Crippen LogP contribution in [0.1, 0.15) is 53.4 Å². The lowest BCUT2D eigenvalue weighted by Crippen LogP contribution is -2.33. The van der Waals surface area contributed by atoms with Crippen molar-refractivity contribution in [3.63, 3.8) is 0 Å². The topological polar surface area (TPSA) is 50.1 Å². The SMILES string of the molecule is CC/C=C(/CCC)[C@](C#N)(CC)C(=O)OCC. The van der Waals surface area contributed by atoms with Crippen LogP contribution in [-0.2, 0) is 9.53 Å². The number of rotatable bonds is 7. The van der Waals surface area contributed by atoms with E-state index in [0.29, 0.717) is 13.0 Å². The van der Waals surface area contributed by atoms with Crippen molar-refractivity contribution >= 4 is 5.97 Å². The predicted molar refractivity (Wildman–Crippen MR) is 68.3 cm³/mol. The third kappa shape index (κ3) is 3.59. The summed E-state index contributed by atoms with van der Waals surface area (Å²) in [5, 5.41) is 9.41. The van der Waals surface area contributed by atoms with Gasteiger partial charge in [0.25, 0.3) is 0 Å². The van der Waals surface area contributed by atoms with Gasteiger partial charge < -0.3 is 4.74 Å². The molecule has 0 fully saturated rings. The highest BCUT2D eigenvalue weighted by Gasteiger charge is 2.41. The van der Waals surface area contributed by atoms with Gasteiger partial charge in [-0.2, -0.15) is 5.26 Å². The summed E-state index contributed by atoms with van der Waals surface area (Å²) in [4.78, 5) is 12.0. The zero-order valence-electron chi connectivity index (χ0n) is 11.4. The molecule has 0 aliphatic heterocycles. The third-order valence-electron chi connectivity index (χ3n) is 2.86. The molecule has 0 aromatic carbocycles. The number of allylic oxidation sites excluding steroid dienone is 1. The quantitative estimate of drug-likeness (QED) is 0.502. The summed E-state index contributed by atoms with van der Waals surface area (Å²) in [6, 6.07) is 2.18. The molecule has 0 saturated heterocycles. The van der Waals surface area contributed by atoms with Crippen LogP contribution in [0.2, 0.25) is 0 Å². The van der Waals surface area contributed by atoms with Crippen molar-refractivity contribution in [3.8, 4) is 6.07 Å². The molecule has 0 heterocycles. The fourth-order valence-electron chi connectivity index (χ4n) is 1.96. The Bertz CT molecular complexity index is 315. The smallest absolute Gasteiger partial charge is 0.330 e. The number of carbonyl (C=O) groups is 1. The molecule has 0 saturated carbocycles. The second kappa shape index (κ2) is 7.89. The van der Waals surface area contributed by atoms with Crippen molar-refractivity contribution in [2.75, 3.05) is 6.61 Å². The van der Waals surface area contributed by atoms with Gasteiger partial charge in [0.05, 0.1) is 12.7 Å². The van der Waals surface area contributed by atoms with E-state index in [4.69, 9.17) is 4.74 Å². The Hall–Kier alpha value is -1.30.